The predicted octanol–water partition coefficient (Wildman–Crippen LogP) is 3.54. The second-order valence-corrected chi connectivity index (χ2v) is 5.66. The van der Waals surface area contributed by atoms with E-state index in [1.165, 1.54) is 5.56 Å². The van der Waals surface area contributed by atoms with Gasteiger partial charge in [-0.3, -0.25) is 0 Å². The summed E-state index contributed by atoms with van der Waals surface area (Å²) in [5.74, 6) is 0.996. The first-order chi connectivity index (χ1) is 7.88. The molecule has 2 nitrogen and oxygen atoms in total. The third-order valence-electron chi connectivity index (χ3n) is 2.63. The Morgan fingerprint density at radius 1 is 1.24 bits per heavy atom. The number of hydrogen-bond donors (Lipinski definition) is 1. The Kier molecular flexibility index (Phi) is 5.01. The molecule has 1 rings (SSSR count). The van der Waals surface area contributed by atoms with Crippen molar-refractivity contribution in [3.8, 4) is 5.75 Å². The van der Waals surface area contributed by atoms with Gasteiger partial charge >= 0.3 is 0 Å². The molecule has 17 heavy (non-hydrogen) atoms. The first kappa shape index (κ1) is 14.0. The molecule has 0 radical (unpaired) electrons. The van der Waals surface area contributed by atoms with Crippen molar-refractivity contribution in [3.05, 3.63) is 29.8 Å². The number of benzene rings is 1. The van der Waals surface area contributed by atoms with Crippen molar-refractivity contribution >= 4 is 0 Å². The third-order valence-corrected chi connectivity index (χ3v) is 2.63. The maximum absolute atomic E-state index is 5.92. The number of ether oxygens (including phenoxy) is 1. The zero-order chi connectivity index (χ0) is 12.9. The minimum Gasteiger partial charge on any atom is -0.490 e. The lowest BCUT2D eigenvalue weighted by Crippen LogP contribution is -2.37. The van der Waals surface area contributed by atoms with Crippen LogP contribution >= 0.6 is 0 Å². The maximum Gasteiger partial charge on any atom is 0.122 e. The van der Waals surface area contributed by atoms with Crippen LogP contribution in [0.25, 0.3) is 0 Å². The molecule has 1 N–H and O–H groups in total. The highest BCUT2D eigenvalue weighted by Gasteiger charge is 2.10. The Labute approximate surface area is 105 Å². The van der Waals surface area contributed by atoms with Gasteiger partial charge in [-0.1, -0.05) is 18.2 Å². The number of rotatable bonds is 5. The van der Waals surface area contributed by atoms with Gasteiger partial charge in [0, 0.05) is 5.54 Å². The molecule has 0 aromatic heterocycles. The summed E-state index contributed by atoms with van der Waals surface area (Å²) in [6, 6.07) is 8.16. The molecule has 1 unspecified atom stereocenters. The second kappa shape index (κ2) is 6.06. The minimum absolute atomic E-state index is 0.183. The van der Waals surface area contributed by atoms with Crippen LogP contribution in [0.4, 0.5) is 0 Å². The first-order valence-corrected chi connectivity index (χ1v) is 6.36. The van der Waals surface area contributed by atoms with E-state index in [2.05, 4.69) is 46.0 Å². The van der Waals surface area contributed by atoms with Gasteiger partial charge < -0.3 is 10.1 Å². The van der Waals surface area contributed by atoms with Crippen LogP contribution in [0.3, 0.4) is 0 Å². The quantitative estimate of drug-likeness (QED) is 0.843. The van der Waals surface area contributed by atoms with Crippen LogP contribution in [0.15, 0.2) is 24.3 Å². The summed E-state index contributed by atoms with van der Waals surface area (Å²) in [6.45, 7) is 11.7. The number of nitrogens with one attached hydrogen (secondary N) is 1. The lowest BCUT2D eigenvalue weighted by molar-refractivity contribution is 0.204. The van der Waals surface area contributed by atoms with E-state index in [1.807, 2.05) is 18.2 Å². The van der Waals surface area contributed by atoms with E-state index in [4.69, 9.17) is 4.74 Å². The number of para-hydroxylation sites is 1. The van der Waals surface area contributed by atoms with Gasteiger partial charge in [0.25, 0.3) is 0 Å². The Morgan fingerprint density at radius 3 is 2.47 bits per heavy atom. The molecule has 2 heteroatoms. The van der Waals surface area contributed by atoms with E-state index in [9.17, 15) is 0 Å². The Hall–Kier alpha value is -1.02. The Balaban J connectivity index is 2.35. The van der Waals surface area contributed by atoms with Gasteiger partial charge in [0.2, 0.25) is 0 Å². The van der Waals surface area contributed by atoms with E-state index in [1.54, 1.807) is 0 Å². The molecular formula is C15H25NO. The fourth-order valence-electron chi connectivity index (χ4n) is 1.61. The summed E-state index contributed by atoms with van der Waals surface area (Å²) in [4.78, 5) is 0. The van der Waals surface area contributed by atoms with Crippen LogP contribution in [0.5, 0.6) is 5.75 Å². The van der Waals surface area contributed by atoms with Crippen molar-refractivity contribution in [2.45, 2.75) is 52.7 Å². The highest BCUT2D eigenvalue weighted by Crippen LogP contribution is 2.18. The van der Waals surface area contributed by atoms with Gasteiger partial charge in [0.1, 0.15) is 5.75 Å². The SMILES string of the molecule is Cc1ccccc1OC(C)CCNC(C)(C)C. The van der Waals surface area contributed by atoms with Crippen molar-refractivity contribution in [2.75, 3.05) is 6.54 Å². The van der Waals surface area contributed by atoms with Crippen molar-refractivity contribution in [1.82, 2.24) is 5.32 Å². The first-order valence-electron chi connectivity index (χ1n) is 6.36. The highest BCUT2D eigenvalue weighted by molar-refractivity contribution is 5.31. The molecule has 0 amide bonds. The standard InChI is InChI=1S/C15H25NO/c1-12-8-6-7-9-14(12)17-13(2)10-11-16-15(3,4)5/h6-9,13,16H,10-11H2,1-5H3. The van der Waals surface area contributed by atoms with Crippen LogP contribution < -0.4 is 10.1 Å². The van der Waals surface area contributed by atoms with Gasteiger partial charge in [-0.05, 0) is 59.2 Å². The monoisotopic (exact) mass is 235 g/mol. The summed E-state index contributed by atoms with van der Waals surface area (Å²) in [5, 5.41) is 3.47. The Bertz CT molecular complexity index is 341. The van der Waals surface area contributed by atoms with E-state index >= 15 is 0 Å². The normalized spacial score (nSPS) is 13.5. The Morgan fingerprint density at radius 2 is 1.88 bits per heavy atom. The van der Waals surface area contributed by atoms with Crippen LogP contribution in [0.2, 0.25) is 0 Å². The van der Waals surface area contributed by atoms with Crippen molar-refractivity contribution in [1.29, 1.82) is 0 Å². The lowest BCUT2D eigenvalue weighted by atomic mass is 10.1. The average molecular weight is 235 g/mol. The van der Waals surface area contributed by atoms with E-state index in [-0.39, 0.29) is 11.6 Å². The van der Waals surface area contributed by atoms with Gasteiger partial charge in [-0.2, -0.15) is 0 Å². The van der Waals surface area contributed by atoms with Gasteiger partial charge in [-0.15, -0.1) is 0 Å². The van der Waals surface area contributed by atoms with E-state index < -0.39 is 0 Å². The van der Waals surface area contributed by atoms with Crippen molar-refractivity contribution in [3.63, 3.8) is 0 Å². The van der Waals surface area contributed by atoms with Crippen LogP contribution in [-0.2, 0) is 0 Å². The molecule has 1 aromatic carbocycles. The summed E-state index contributed by atoms with van der Waals surface area (Å²) in [6.07, 6.45) is 1.26. The zero-order valence-electron chi connectivity index (χ0n) is 11.7. The van der Waals surface area contributed by atoms with Crippen molar-refractivity contribution < 1.29 is 4.74 Å². The summed E-state index contributed by atoms with van der Waals surface area (Å²) >= 11 is 0. The third kappa shape index (κ3) is 5.73. The lowest BCUT2D eigenvalue weighted by Gasteiger charge is -2.22. The van der Waals surface area contributed by atoms with Crippen LogP contribution in [0.1, 0.15) is 39.7 Å². The number of hydrogen-bond acceptors (Lipinski definition) is 2. The molecule has 0 aliphatic carbocycles. The topological polar surface area (TPSA) is 21.3 Å². The van der Waals surface area contributed by atoms with E-state index in [0.29, 0.717) is 0 Å². The molecule has 0 fully saturated rings. The molecule has 96 valence electrons. The van der Waals surface area contributed by atoms with Crippen molar-refractivity contribution in [2.24, 2.45) is 0 Å². The van der Waals surface area contributed by atoms with Crippen LogP contribution in [-0.4, -0.2) is 18.2 Å². The zero-order valence-corrected chi connectivity index (χ0v) is 11.7. The largest absolute Gasteiger partial charge is 0.490 e. The molecule has 0 bridgehead atoms. The van der Waals surface area contributed by atoms with Gasteiger partial charge in [0.15, 0.2) is 0 Å². The highest BCUT2D eigenvalue weighted by atomic mass is 16.5. The molecule has 0 aliphatic heterocycles. The molecule has 0 spiro atoms. The fraction of sp³-hybridized carbons (Fsp3) is 0.600. The molecule has 0 heterocycles. The van der Waals surface area contributed by atoms with E-state index in [0.717, 1.165) is 18.7 Å². The second-order valence-electron chi connectivity index (χ2n) is 5.66. The predicted molar refractivity (Wildman–Crippen MR) is 73.6 cm³/mol. The maximum atomic E-state index is 5.92. The fourth-order valence-corrected chi connectivity index (χ4v) is 1.61. The van der Waals surface area contributed by atoms with Crippen LogP contribution in [0, 0.1) is 6.92 Å². The summed E-state index contributed by atoms with van der Waals surface area (Å²) in [5.41, 5.74) is 1.38. The van der Waals surface area contributed by atoms with Gasteiger partial charge in [-0.25, -0.2) is 0 Å². The summed E-state index contributed by atoms with van der Waals surface area (Å²) in [7, 11) is 0. The minimum atomic E-state index is 0.183. The molecular weight excluding hydrogens is 210 g/mol. The number of aryl methyl sites for hydroxylation is 1. The molecule has 1 aromatic rings. The average Bonchev–Trinajstić information content (AvgIpc) is 2.19. The molecule has 0 aliphatic rings. The van der Waals surface area contributed by atoms with Gasteiger partial charge in [0.05, 0.1) is 6.10 Å². The smallest absolute Gasteiger partial charge is 0.122 e. The summed E-state index contributed by atoms with van der Waals surface area (Å²) < 4.78 is 5.92. The molecule has 0 saturated heterocycles. The molecule has 1 atom stereocenters. The molecule has 0 saturated carbocycles.